The van der Waals surface area contributed by atoms with Crippen LogP contribution in [0.25, 0.3) is 0 Å². The van der Waals surface area contributed by atoms with Gasteiger partial charge in [0.1, 0.15) is 18.5 Å². The van der Waals surface area contributed by atoms with Gasteiger partial charge in [-0.1, -0.05) is 11.6 Å². The standard InChI is InChI=1S/C14H21ClN2O4/c1-20-7-6-17-14(19)9-16-8-12(18)10-21-13-4-2-11(15)3-5-13/h2-5,12,16,18H,6-10H2,1H3,(H,17,19). The lowest BCUT2D eigenvalue weighted by molar-refractivity contribution is -0.120. The summed E-state index contributed by atoms with van der Waals surface area (Å²) in [5.41, 5.74) is 0. The van der Waals surface area contributed by atoms with Crippen molar-refractivity contribution < 1.29 is 19.4 Å². The number of hydrogen-bond donors (Lipinski definition) is 3. The molecule has 0 aromatic heterocycles. The molecular formula is C14H21ClN2O4. The lowest BCUT2D eigenvalue weighted by Gasteiger charge is -2.13. The molecule has 118 valence electrons. The van der Waals surface area contributed by atoms with E-state index in [1.54, 1.807) is 31.4 Å². The monoisotopic (exact) mass is 316 g/mol. The summed E-state index contributed by atoms with van der Waals surface area (Å²) < 4.78 is 10.2. The van der Waals surface area contributed by atoms with Gasteiger partial charge in [0.05, 0.1) is 13.2 Å². The number of amides is 1. The van der Waals surface area contributed by atoms with E-state index in [-0.39, 0.29) is 25.6 Å². The second-order valence-electron chi connectivity index (χ2n) is 4.39. The van der Waals surface area contributed by atoms with Crippen molar-refractivity contribution in [3.05, 3.63) is 29.3 Å². The minimum atomic E-state index is -0.701. The minimum absolute atomic E-state index is 0.139. The van der Waals surface area contributed by atoms with Crippen molar-refractivity contribution in [2.75, 3.05) is 40.0 Å². The van der Waals surface area contributed by atoms with Gasteiger partial charge in [0, 0.05) is 25.2 Å². The molecule has 0 aliphatic carbocycles. The Morgan fingerprint density at radius 3 is 2.76 bits per heavy atom. The van der Waals surface area contributed by atoms with Crippen LogP contribution in [0, 0.1) is 0 Å². The molecule has 0 saturated carbocycles. The van der Waals surface area contributed by atoms with Crippen LogP contribution in [-0.4, -0.2) is 57.1 Å². The Morgan fingerprint density at radius 2 is 2.10 bits per heavy atom. The van der Waals surface area contributed by atoms with Gasteiger partial charge in [0.2, 0.25) is 5.91 Å². The van der Waals surface area contributed by atoms with Crippen molar-refractivity contribution in [2.24, 2.45) is 0 Å². The van der Waals surface area contributed by atoms with Crippen molar-refractivity contribution in [1.29, 1.82) is 0 Å². The minimum Gasteiger partial charge on any atom is -0.491 e. The maximum atomic E-state index is 11.4. The third kappa shape index (κ3) is 8.52. The molecule has 0 aliphatic rings. The molecule has 0 fully saturated rings. The predicted molar refractivity (Wildman–Crippen MR) is 80.7 cm³/mol. The number of nitrogens with one attached hydrogen (secondary N) is 2. The highest BCUT2D eigenvalue weighted by molar-refractivity contribution is 6.30. The van der Waals surface area contributed by atoms with Gasteiger partial charge in [-0.15, -0.1) is 0 Å². The highest BCUT2D eigenvalue weighted by atomic mass is 35.5. The van der Waals surface area contributed by atoms with E-state index in [1.807, 2.05) is 0 Å². The van der Waals surface area contributed by atoms with Crippen LogP contribution in [0.1, 0.15) is 0 Å². The average molecular weight is 317 g/mol. The molecule has 1 aromatic carbocycles. The number of carbonyl (C=O) groups is 1. The first-order valence-corrected chi connectivity index (χ1v) is 7.02. The molecule has 0 saturated heterocycles. The summed E-state index contributed by atoms with van der Waals surface area (Å²) in [6.07, 6.45) is -0.701. The number of benzene rings is 1. The lowest BCUT2D eigenvalue weighted by atomic mass is 10.3. The molecule has 1 aromatic rings. The van der Waals surface area contributed by atoms with Crippen LogP contribution in [-0.2, 0) is 9.53 Å². The fourth-order valence-electron chi connectivity index (χ4n) is 1.49. The third-order valence-electron chi connectivity index (χ3n) is 2.55. The molecule has 0 bridgehead atoms. The normalized spacial score (nSPS) is 12.0. The zero-order chi connectivity index (χ0) is 15.5. The number of halogens is 1. The first-order valence-electron chi connectivity index (χ1n) is 6.64. The highest BCUT2D eigenvalue weighted by Crippen LogP contribution is 2.15. The summed E-state index contributed by atoms with van der Waals surface area (Å²) in [6.45, 7) is 1.50. The second kappa shape index (κ2) is 10.4. The predicted octanol–water partition coefficient (Wildman–Crippen LogP) is 0.432. The Bertz CT molecular complexity index is 414. The van der Waals surface area contributed by atoms with E-state index in [0.29, 0.717) is 23.9 Å². The van der Waals surface area contributed by atoms with Gasteiger partial charge in [0.25, 0.3) is 0 Å². The smallest absolute Gasteiger partial charge is 0.234 e. The van der Waals surface area contributed by atoms with Crippen LogP contribution in [0.15, 0.2) is 24.3 Å². The van der Waals surface area contributed by atoms with E-state index >= 15 is 0 Å². The van der Waals surface area contributed by atoms with E-state index in [0.717, 1.165) is 0 Å². The van der Waals surface area contributed by atoms with E-state index in [1.165, 1.54) is 0 Å². The maximum absolute atomic E-state index is 11.4. The van der Waals surface area contributed by atoms with Gasteiger partial charge >= 0.3 is 0 Å². The fraction of sp³-hybridized carbons (Fsp3) is 0.500. The summed E-state index contributed by atoms with van der Waals surface area (Å²) in [5, 5.41) is 15.9. The Morgan fingerprint density at radius 1 is 1.38 bits per heavy atom. The summed E-state index contributed by atoms with van der Waals surface area (Å²) in [4.78, 5) is 11.4. The number of carbonyl (C=O) groups excluding carboxylic acids is 1. The first-order chi connectivity index (χ1) is 10.1. The van der Waals surface area contributed by atoms with Crippen LogP contribution in [0.4, 0.5) is 0 Å². The second-order valence-corrected chi connectivity index (χ2v) is 4.83. The molecule has 6 nitrogen and oxygen atoms in total. The van der Waals surface area contributed by atoms with Crippen LogP contribution >= 0.6 is 11.6 Å². The summed E-state index contributed by atoms with van der Waals surface area (Å²) in [5.74, 6) is 0.494. The Balaban J connectivity index is 2.09. The van der Waals surface area contributed by atoms with E-state index in [9.17, 15) is 9.90 Å². The quantitative estimate of drug-likeness (QED) is 0.546. The van der Waals surface area contributed by atoms with Gasteiger partial charge in [-0.3, -0.25) is 4.79 Å². The molecule has 1 rings (SSSR count). The Kier molecular flexibility index (Phi) is 8.77. The molecule has 0 spiro atoms. The molecule has 1 unspecified atom stereocenters. The number of aliphatic hydroxyl groups is 1. The zero-order valence-corrected chi connectivity index (χ0v) is 12.7. The summed E-state index contributed by atoms with van der Waals surface area (Å²) >= 11 is 5.76. The lowest BCUT2D eigenvalue weighted by Crippen LogP contribution is -2.39. The number of methoxy groups -OCH3 is 1. The SMILES string of the molecule is COCCNC(=O)CNCC(O)COc1ccc(Cl)cc1. The van der Waals surface area contributed by atoms with Gasteiger partial charge in [-0.05, 0) is 24.3 Å². The number of rotatable bonds is 10. The molecule has 1 atom stereocenters. The number of ether oxygens (including phenoxy) is 2. The molecule has 7 heteroatoms. The van der Waals surface area contributed by atoms with Gasteiger partial charge < -0.3 is 25.2 Å². The Labute approximate surface area is 129 Å². The van der Waals surface area contributed by atoms with Crippen molar-refractivity contribution in [2.45, 2.75) is 6.10 Å². The van der Waals surface area contributed by atoms with Crippen LogP contribution < -0.4 is 15.4 Å². The zero-order valence-electron chi connectivity index (χ0n) is 12.0. The summed E-state index contributed by atoms with van der Waals surface area (Å²) in [7, 11) is 1.57. The third-order valence-corrected chi connectivity index (χ3v) is 2.80. The molecular weight excluding hydrogens is 296 g/mol. The highest BCUT2D eigenvalue weighted by Gasteiger charge is 2.06. The largest absolute Gasteiger partial charge is 0.491 e. The van der Waals surface area contributed by atoms with Crippen molar-refractivity contribution in [3.63, 3.8) is 0 Å². The molecule has 0 aliphatic heterocycles. The van der Waals surface area contributed by atoms with Crippen molar-refractivity contribution in [1.82, 2.24) is 10.6 Å². The maximum Gasteiger partial charge on any atom is 0.234 e. The van der Waals surface area contributed by atoms with Gasteiger partial charge in [0.15, 0.2) is 0 Å². The van der Waals surface area contributed by atoms with Crippen LogP contribution in [0.5, 0.6) is 5.75 Å². The van der Waals surface area contributed by atoms with E-state index in [4.69, 9.17) is 21.1 Å². The molecule has 1 amide bonds. The van der Waals surface area contributed by atoms with E-state index in [2.05, 4.69) is 10.6 Å². The van der Waals surface area contributed by atoms with Crippen LogP contribution in [0.3, 0.4) is 0 Å². The van der Waals surface area contributed by atoms with Crippen LogP contribution in [0.2, 0.25) is 5.02 Å². The van der Waals surface area contributed by atoms with Crippen molar-refractivity contribution >= 4 is 17.5 Å². The topological polar surface area (TPSA) is 79.8 Å². The molecule has 3 N–H and O–H groups in total. The Hall–Kier alpha value is -1.34. The number of aliphatic hydroxyl groups excluding tert-OH is 1. The molecule has 0 radical (unpaired) electrons. The first kappa shape index (κ1) is 17.7. The fourth-order valence-corrected chi connectivity index (χ4v) is 1.62. The molecule has 21 heavy (non-hydrogen) atoms. The van der Waals surface area contributed by atoms with Crippen molar-refractivity contribution in [3.8, 4) is 5.75 Å². The molecule has 0 heterocycles. The average Bonchev–Trinajstić information content (AvgIpc) is 2.47. The summed E-state index contributed by atoms with van der Waals surface area (Å²) in [6, 6.07) is 6.88. The van der Waals surface area contributed by atoms with E-state index < -0.39 is 6.10 Å². The van der Waals surface area contributed by atoms with Gasteiger partial charge in [-0.2, -0.15) is 0 Å². The van der Waals surface area contributed by atoms with Gasteiger partial charge in [-0.25, -0.2) is 0 Å². The number of hydrogen-bond acceptors (Lipinski definition) is 5.